The van der Waals surface area contributed by atoms with Crippen LogP contribution in [0.4, 0.5) is 5.69 Å². The number of benzene rings is 1. The van der Waals surface area contributed by atoms with Gasteiger partial charge in [0.2, 0.25) is 5.91 Å². The van der Waals surface area contributed by atoms with Crippen LogP contribution in [-0.4, -0.2) is 34.4 Å². The van der Waals surface area contributed by atoms with Crippen molar-refractivity contribution in [1.29, 1.82) is 0 Å². The largest absolute Gasteiger partial charge is 0.378 e. The zero-order valence-corrected chi connectivity index (χ0v) is 15.5. The molecule has 1 fully saturated rings. The van der Waals surface area contributed by atoms with Crippen LogP contribution in [-0.2, 0) is 9.53 Å². The maximum atomic E-state index is 12.7. The molecule has 1 saturated carbocycles. The van der Waals surface area contributed by atoms with Gasteiger partial charge in [-0.2, -0.15) is 5.10 Å². The smallest absolute Gasteiger partial charge is 0.245 e. The topological polar surface area (TPSA) is 93.0 Å². The van der Waals surface area contributed by atoms with Crippen LogP contribution in [0.15, 0.2) is 36.5 Å². The standard InChI is InChI=1S/C18H24N4O2.ClH/c1-4-24-15-11-18(19,17(15,2)3)16(23)21-13-7-5-12(6-8-13)14-9-10-20-22-14;/h5-10,15H,4,11,19H2,1-3H3,(H,20,22)(H,21,23);1H. The molecule has 4 N–H and O–H groups in total. The summed E-state index contributed by atoms with van der Waals surface area (Å²) in [5.74, 6) is -0.169. The van der Waals surface area contributed by atoms with Gasteiger partial charge in [-0.25, -0.2) is 0 Å². The van der Waals surface area contributed by atoms with Crippen LogP contribution in [0.25, 0.3) is 11.3 Å². The summed E-state index contributed by atoms with van der Waals surface area (Å²) in [6.45, 7) is 6.55. The van der Waals surface area contributed by atoms with Gasteiger partial charge in [-0.3, -0.25) is 9.89 Å². The first-order valence-corrected chi connectivity index (χ1v) is 8.20. The maximum absolute atomic E-state index is 12.7. The zero-order valence-electron chi connectivity index (χ0n) is 14.7. The van der Waals surface area contributed by atoms with Crippen LogP contribution in [0.3, 0.4) is 0 Å². The lowest BCUT2D eigenvalue weighted by atomic mass is 9.54. The van der Waals surface area contributed by atoms with Crippen LogP contribution in [0.5, 0.6) is 0 Å². The van der Waals surface area contributed by atoms with E-state index in [1.807, 2.05) is 51.1 Å². The van der Waals surface area contributed by atoms with Gasteiger partial charge in [0.15, 0.2) is 0 Å². The molecule has 3 rings (SSSR count). The van der Waals surface area contributed by atoms with Crippen LogP contribution in [0.1, 0.15) is 27.2 Å². The third-order valence-electron chi connectivity index (χ3n) is 5.19. The number of hydrogen-bond acceptors (Lipinski definition) is 4. The lowest BCUT2D eigenvalue weighted by molar-refractivity contribution is -0.166. The Bertz CT molecular complexity index is 715. The highest BCUT2D eigenvalue weighted by Crippen LogP contribution is 2.50. The molecular weight excluding hydrogens is 340 g/mol. The number of rotatable bonds is 5. The minimum Gasteiger partial charge on any atom is -0.378 e. The van der Waals surface area contributed by atoms with E-state index < -0.39 is 11.0 Å². The number of anilines is 1. The number of carbonyl (C=O) groups excluding carboxylic acids is 1. The number of nitrogens with one attached hydrogen (secondary N) is 2. The van der Waals surface area contributed by atoms with E-state index in [2.05, 4.69) is 15.5 Å². The predicted octanol–water partition coefficient (Wildman–Crippen LogP) is 2.97. The summed E-state index contributed by atoms with van der Waals surface area (Å²) in [6.07, 6.45) is 2.25. The lowest BCUT2D eigenvalue weighted by Gasteiger charge is -2.57. The van der Waals surface area contributed by atoms with Gasteiger partial charge in [0.05, 0.1) is 11.8 Å². The Balaban J connectivity index is 0.00000225. The summed E-state index contributed by atoms with van der Waals surface area (Å²) in [5, 5.41) is 9.78. The average Bonchev–Trinajstić information content (AvgIpc) is 3.09. The van der Waals surface area contributed by atoms with E-state index in [1.54, 1.807) is 6.20 Å². The van der Waals surface area contributed by atoms with Crippen molar-refractivity contribution < 1.29 is 9.53 Å². The quantitative estimate of drug-likeness (QED) is 0.760. The van der Waals surface area contributed by atoms with Crippen molar-refractivity contribution in [3.8, 4) is 11.3 Å². The van der Waals surface area contributed by atoms with E-state index >= 15 is 0 Å². The van der Waals surface area contributed by atoms with Crippen molar-refractivity contribution in [3.05, 3.63) is 36.5 Å². The second-order valence-electron chi connectivity index (χ2n) is 6.84. The number of H-pyrrole nitrogens is 1. The first-order valence-electron chi connectivity index (χ1n) is 8.20. The molecule has 2 atom stereocenters. The van der Waals surface area contributed by atoms with E-state index in [4.69, 9.17) is 10.5 Å². The normalized spacial score (nSPS) is 24.1. The molecule has 136 valence electrons. The molecule has 0 spiro atoms. The van der Waals surface area contributed by atoms with Crippen molar-refractivity contribution in [2.24, 2.45) is 11.1 Å². The van der Waals surface area contributed by atoms with Gasteiger partial charge in [-0.15, -0.1) is 12.4 Å². The van der Waals surface area contributed by atoms with E-state index in [0.29, 0.717) is 13.0 Å². The Hall–Kier alpha value is -1.89. The monoisotopic (exact) mass is 364 g/mol. The Labute approximate surface area is 153 Å². The molecule has 7 heteroatoms. The number of nitrogens with two attached hydrogens (primary N) is 1. The third-order valence-corrected chi connectivity index (χ3v) is 5.19. The van der Waals surface area contributed by atoms with Crippen molar-refractivity contribution in [1.82, 2.24) is 10.2 Å². The molecule has 6 nitrogen and oxygen atoms in total. The van der Waals surface area contributed by atoms with Gasteiger partial charge in [0.1, 0.15) is 5.54 Å². The van der Waals surface area contributed by atoms with Gasteiger partial charge in [0.25, 0.3) is 0 Å². The van der Waals surface area contributed by atoms with Crippen LogP contribution in [0.2, 0.25) is 0 Å². The molecule has 1 aromatic heterocycles. The van der Waals surface area contributed by atoms with Gasteiger partial charge < -0.3 is 15.8 Å². The third kappa shape index (κ3) is 3.29. The highest BCUT2D eigenvalue weighted by atomic mass is 35.5. The zero-order chi connectivity index (χ0) is 17.4. The van der Waals surface area contributed by atoms with Crippen molar-refractivity contribution in [2.75, 3.05) is 11.9 Å². The highest BCUT2D eigenvalue weighted by Gasteiger charge is 2.62. The van der Waals surface area contributed by atoms with Crippen molar-refractivity contribution in [2.45, 2.75) is 38.8 Å². The number of hydrogen-bond donors (Lipinski definition) is 3. The Morgan fingerprint density at radius 1 is 1.36 bits per heavy atom. The average molecular weight is 365 g/mol. The second-order valence-corrected chi connectivity index (χ2v) is 6.84. The summed E-state index contributed by atoms with van der Waals surface area (Å²) in [5.41, 5.74) is 7.74. The van der Waals surface area contributed by atoms with Crippen LogP contribution >= 0.6 is 12.4 Å². The fraction of sp³-hybridized carbons (Fsp3) is 0.444. The van der Waals surface area contributed by atoms with Gasteiger partial charge in [-0.05, 0) is 30.7 Å². The molecule has 0 bridgehead atoms. The Morgan fingerprint density at radius 2 is 2.04 bits per heavy atom. The van der Waals surface area contributed by atoms with Gasteiger partial charge in [0, 0.05) is 30.3 Å². The number of aromatic amines is 1. The molecule has 0 saturated heterocycles. The molecule has 1 aromatic carbocycles. The summed E-state index contributed by atoms with van der Waals surface area (Å²) in [4.78, 5) is 12.7. The van der Waals surface area contributed by atoms with Gasteiger partial charge >= 0.3 is 0 Å². The number of amides is 1. The van der Waals surface area contributed by atoms with E-state index in [-0.39, 0.29) is 24.4 Å². The molecule has 1 aliphatic carbocycles. The number of ether oxygens (including phenoxy) is 1. The predicted molar refractivity (Wildman–Crippen MR) is 101 cm³/mol. The van der Waals surface area contributed by atoms with Crippen LogP contribution < -0.4 is 11.1 Å². The number of halogens is 1. The molecule has 25 heavy (non-hydrogen) atoms. The number of carbonyl (C=O) groups is 1. The van der Waals surface area contributed by atoms with E-state index in [9.17, 15) is 4.79 Å². The minimum absolute atomic E-state index is 0. The first-order chi connectivity index (χ1) is 11.4. The fourth-order valence-corrected chi connectivity index (χ4v) is 3.21. The molecule has 0 radical (unpaired) electrons. The molecule has 0 aliphatic heterocycles. The summed E-state index contributed by atoms with van der Waals surface area (Å²) in [6, 6.07) is 9.49. The van der Waals surface area contributed by atoms with Gasteiger partial charge in [-0.1, -0.05) is 26.0 Å². The van der Waals surface area contributed by atoms with Crippen LogP contribution in [0, 0.1) is 5.41 Å². The molecule has 1 amide bonds. The maximum Gasteiger partial charge on any atom is 0.245 e. The second kappa shape index (κ2) is 7.15. The molecule has 1 aliphatic rings. The lowest BCUT2D eigenvalue weighted by Crippen LogP contribution is -2.74. The van der Waals surface area contributed by atoms with E-state index in [1.165, 1.54) is 0 Å². The molecule has 1 heterocycles. The number of nitrogens with zero attached hydrogens (tertiary/aromatic N) is 1. The fourth-order valence-electron chi connectivity index (χ4n) is 3.21. The Kier molecular flexibility index (Phi) is 5.56. The summed E-state index contributed by atoms with van der Waals surface area (Å²) >= 11 is 0. The van der Waals surface area contributed by atoms with E-state index in [0.717, 1.165) is 16.9 Å². The van der Waals surface area contributed by atoms with Crippen molar-refractivity contribution in [3.63, 3.8) is 0 Å². The minimum atomic E-state index is -0.922. The summed E-state index contributed by atoms with van der Waals surface area (Å²) < 4.78 is 5.68. The first kappa shape index (κ1) is 19.4. The highest BCUT2D eigenvalue weighted by molar-refractivity contribution is 5.99. The van der Waals surface area contributed by atoms with Crippen molar-refractivity contribution >= 4 is 24.0 Å². The molecule has 2 unspecified atom stereocenters. The Morgan fingerprint density at radius 3 is 2.56 bits per heavy atom. The SMILES string of the molecule is CCOC1CC(N)(C(=O)Nc2ccc(-c3ccn[nH]3)cc2)C1(C)C.Cl. The summed E-state index contributed by atoms with van der Waals surface area (Å²) in [7, 11) is 0. The number of aromatic nitrogens is 2. The molecule has 2 aromatic rings. The molecular formula is C18H25ClN4O2.